The van der Waals surface area contributed by atoms with Crippen molar-refractivity contribution in [3.8, 4) is 33.6 Å². The van der Waals surface area contributed by atoms with Gasteiger partial charge in [0.15, 0.2) is 0 Å². The van der Waals surface area contributed by atoms with Crippen LogP contribution in [0.5, 0.6) is 0 Å². The van der Waals surface area contributed by atoms with Crippen LogP contribution in [0.2, 0.25) is 19.6 Å². The average molecular weight is 896 g/mol. The quantitative estimate of drug-likeness (QED) is 0.130. The number of hydrogen-bond donors (Lipinski definition) is 0. The first-order valence-corrected chi connectivity index (χ1v) is 20.8. The summed E-state index contributed by atoms with van der Waals surface area (Å²) in [5, 5.41) is 4.89. The first-order valence-electron chi connectivity index (χ1n) is 21.8. The van der Waals surface area contributed by atoms with Gasteiger partial charge in [0.2, 0.25) is 0 Å². The zero-order chi connectivity index (χ0) is 44.3. The Morgan fingerprint density at radius 2 is 1.47 bits per heavy atom. The number of aromatic nitrogens is 2. The van der Waals surface area contributed by atoms with Crippen LogP contribution in [0, 0.1) is 32.7 Å². The Bertz CT molecular complexity index is 2830. The molecule has 0 aliphatic carbocycles. The van der Waals surface area contributed by atoms with Gasteiger partial charge < -0.3 is 14.4 Å². The second-order valence-corrected chi connectivity index (χ2v) is 20.2. The summed E-state index contributed by atoms with van der Waals surface area (Å²) in [6, 6.07) is 38.0. The van der Waals surface area contributed by atoms with Gasteiger partial charge in [-0.15, -0.1) is 53.6 Å². The van der Waals surface area contributed by atoms with Crippen LogP contribution < -0.4 is 5.19 Å². The van der Waals surface area contributed by atoms with Crippen molar-refractivity contribution in [3.05, 3.63) is 150 Å². The molecule has 0 saturated heterocycles. The summed E-state index contributed by atoms with van der Waals surface area (Å²) < 4.78 is 78.1. The number of fused-ring (bicyclic) bond motifs is 5. The van der Waals surface area contributed by atoms with Gasteiger partial charge in [-0.1, -0.05) is 136 Å². The largest absolute Gasteiger partial charge is 0.500 e. The van der Waals surface area contributed by atoms with E-state index >= 15 is 0 Å². The molecular weight excluding hydrogens is 841 g/mol. The summed E-state index contributed by atoms with van der Waals surface area (Å²) in [7, 11) is -1.84. The van der Waals surface area contributed by atoms with Gasteiger partial charge in [-0.2, -0.15) is 0 Å². The number of rotatable bonds is 4. The van der Waals surface area contributed by atoms with E-state index in [9.17, 15) is 0 Å². The first-order chi connectivity index (χ1) is 28.4. The van der Waals surface area contributed by atoms with Crippen LogP contribution in [0.15, 0.2) is 120 Å². The zero-order valence-corrected chi connectivity index (χ0v) is 34.0. The Morgan fingerprint density at radius 1 is 0.679 bits per heavy atom. The molecule has 5 aromatic carbocycles. The van der Waals surface area contributed by atoms with Crippen LogP contribution in [0.1, 0.15) is 55.4 Å². The fourth-order valence-electron chi connectivity index (χ4n) is 6.30. The zero-order valence-electron chi connectivity index (χ0n) is 39.6. The number of benzene rings is 5. The second-order valence-electron chi connectivity index (χ2n) is 15.2. The fraction of sp³-hybridized carbons (Fsp3) is 0.208. The molecule has 1 radical (unpaired) electrons. The molecule has 0 N–H and O–H groups in total. The second kappa shape index (κ2) is 15.0. The molecule has 0 aliphatic rings. The summed E-state index contributed by atoms with van der Waals surface area (Å²) in [5.74, 6) is 0. The molecule has 0 spiro atoms. The molecule has 5 heteroatoms. The Labute approximate surface area is 341 Å². The van der Waals surface area contributed by atoms with Crippen molar-refractivity contribution in [2.24, 2.45) is 0 Å². The van der Waals surface area contributed by atoms with Gasteiger partial charge in [0, 0.05) is 55.6 Å². The minimum Gasteiger partial charge on any atom is -0.500 e. The molecule has 0 unspecified atom stereocenters. The monoisotopic (exact) mass is 896 g/mol. The molecule has 0 bridgehead atoms. The molecule has 0 fully saturated rings. The van der Waals surface area contributed by atoms with E-state index in [4.69, 9.17) is 16.8 Å². The van der Waals surface area contributed by atoms with E-state index in [1.54, 1.807) is 36.4 Å². The van der Waals surface area contributed by atoms with Crippen molar-refractivity contribution < 1.29 is 36.9 Å². The molecule has 3 nitrogen and oxygen atoms in total. The van der Waals surface area contributed by atoms with Gasteiger partial charge in [0.25, 0.3) is 0 Å². The normalized spacial score (nSPS) is 14.9. The van der Waals surface area contributed by atoms with Crippen LogP contribution in [-0.2, 0) is 25.5 Å². The van der Waals surface area contributed by atoms with Crippen LogP contribution in [-0.4, -0.2) is 18.0 Å². The Morgan fingerprint density at radius 3 is 2.17 bits per heavy atom. The maximum absolute atomic E-state index is 8.32. The molecule has 269 valence electrons. The number of aryl methyl sites for hydroxylation is 3. The number of hydrogen-bond acceptors (Lipinski definition) is 3. The maximum atomic E-state index is 8.32. The molecule has 0 atom stereocenters. The van der Waals surface area contributed by atoms with Crippen molar-refractivity contribution in [1.82, 2.24) is 9.97 Å². The molecule has 8 aromatic rings. The maximum Gasteiger partial charge on any atom is 0.128 e. The molecule has 8 rings (SSSR count). The SMILES string of the molecule is [2H]C([2H])([2H])c1c[c-]c(-c2ccc(C(C)(C)C)cn2)cc1.[2H]C([2H])([2H])c1cnc(-c2[c-]ccc3c2oc2c4ccccc4ccc32)cc1-c1ccc([Si](C)(C)C)cc1C([2H])([2H])[2H].[Ir]. The molecule has 53 heavy (non-hydrogen) atoms. The van der Waals surface area contributed by atoms with E-state index < -0.39 is 28.6 Å². The summed E-state index contributed by atoms with van der Waals surface area (Å²) in [5.41, 5.74) is 6.33. The van der Waals surface area contributed by atoms with Crippen molar-refractivity contribution in [3.63, 3.8) is 0 Å². The molecule has 3 heterocycles. The number of furan rings is 1. The topological polar surface area (TPSA) is 38.9 Å². The van der Waals surface area contributed by atoms with Crippen LogP contribution in [0.3, 0.4) is 0 Å². The Balaban J connectivity index is 0.000000258. The molecule has 3 aromatic heterocycles. The van der Waals surface area contributed by atoms with E-state index in [0.29, 0.717) is 33.5 Å². The third-order valence-electron chi connectivity index (χ3n) is 9.38. The molecule has 0 aliphatic heterocycles. The van der Waals surface area contributed by atoms with Gasteiger partial charge in [0.05, 0.1) is 13.7 Å². The van der Waals surface area contributed by atoms with Crippen LogP contribution in [0.4, 0.5) is 0 Å². The van der Waals surface area contributed by atoms with Gasteiger partial charge in [-0.05, 0) is 63.7 Å². The minimum absolute atomic E-state index is 0. The summed E-state index contributed by atoms with van der Waals surface area (Å²) in [4.78, 5) is 8.98. The molecule has 0 saturated carbocycles. The van der Waals surface area contributed by atoms with Gasteiger partial charge >= 0.3 is 0 Å². The third-order valence-corrected chi connectivity index (χ3v) is 11.4. The fourth-order valence-corrected chi connectivity index (χ4v) is 7.46. The Kier molecular flexibility index (Phi) is 7.88. The number of pyridine rings is 2. The van der Waals surface area contributed by atoms with E-state index in [-0.39, 0.29) is 36.6 Å². The first kappa shape index (κ1) is 27.9. The van der Waals surface area contributed by atoms with Crippen molar-refractivity contribution in [1.29, 1.82) is 0 Å². The molecular formula is C48H46IrN2OSi-2. The predicted molar refractivity (Wildman–Crippen MR) is 223 cm³/mol. The van der Waals surface area contributed by atoms with Crippen molar-refractivity contribution >= 4 is 46.0 Å². The third kappa shape index (κ3) is 7.85. The van der Waals surface area contributed by atoms with Crippen LogP contribution in [0.25, 0.3) is 66.4 Å². The molecule has 0 amide bonds. The summed E-state index contributed by atoms with van der Waals surface area (Å²) >= 11 is 0. The Hall–Kier alpha value is -4.67. The van der Waals surface area contributed by atoms with Crippen molar-refractivity contribution in [2.45, 2.75) is 66.4 Å². The van der Waals surface area contributed by atoms with Gasteiger partial charge in [-0.25, -0.2) is 0 Å². The summed E-state index contributed by atoms with van der Waals surface area (Å²) in [6.45, 7) is 5.84. The van der Waals surface area contributed by atoms with E-state index in [1.807, 2.05) is 60.8 Å². The predicted octanol–water partition coefficient (Wildman–Crippen LogP) is 12.6. The summed E-state index contributed by atoms with van der Waals surface area (Å²) in [6.07, 6.45) is 3.19. The number of nitrogens with zero attached hydrogens (tertiary/aromatic N) is 2. The smallest absolute Gasteiger partial charge is 0.128 e. The van der Waals surface area contributed by atoms with Crippen LogP contribution >= 0.6 is 0 Å². The van der Waals surface area contributed by atoms with Gasteiger partial charge in [0.1, 0.15) is 5.58 Å². The standard InChI is InChI=1S/C32H28NOSi.C16H18N.Ir/c1-20-17-23(35(3,4)5)14-16-24(20)29-18-30(33-19-21(29)2)28-12-8-11-26-27-15-13-22-9-6-7-10-25(22)31(27)34-32(26)28;1-12-5-7-13(8-6-12)15-10-9-14(11-17-15)16(2,3)4;/h6-11,13-19H,1-5H3;5-7,9-11H,1-4H3;/q2*-1;/i1D3,2D3;1D3;. The minimum atomic E-state index is -2.50. The van der Waals surface area contributed by atoms with Crippen molar-refractivity contribution in [2.75, 3.05) is 0 Å². The van der Waals surface area contributed by atoms with Gasteiger partial charge in [-0.3, -0.25) is 0 Å². The van der Waals surface area contributed by atoms with E-state index in [2.05, 4.69) is 68.6 Å². The van der Waals surface area contributed by atoms with E-state index in [1.165, 1.54) is 17.8 Å². The average Bonchev–Trinajstić information content (AvgIpc) is 3.59. The van der Waals surface area contributed by atoms with E-state index in [0.717, 1.165) is 43.6 Å².